The molecule has 0 aliphatic rings. The summed E-state index contributed by atoms with van der Waals surface area (Å²) in [6.07, 6.45) is 45.1. The van der Waals surface area contributed by atoms with Gasteiger partial charge in [0.2, 0.25) is 5.91 Å². The van der Waals surface area contributed by atoms with Gasteiger partial charge in [0.1, 0.15) is 23.8 Å². The third kappa shape index (κ3) is 43.2. The molecule has 3 unspecified atom stereocenters. The van der Waals surface area contributed by atoms with E-state index in [2.05, 4.69) is 105 Å². The van der Waals surface area contributed by atoms with Crippen LogP contribution in [0.3, 0.4) is 0 Å². The number of benzene rings is 1. The summed E-state index contributed by atoms with van der Waals surface area (Å²) in [4.78, 5) is 74.1. The number of nitrogens with one attached hydrogen (secondary N) is 1. The van der Waals surface area contributed by atoms with Crippen LogP contribution in [-0.2, 0) is 39.8 Å². The predicted molar refractivity (Wildman–Crippen MR) is 416 cm³/mol. The molecule has 3 atom stereocenters. The van der Waals surface area contributed by atoms with Crippen LogP contribution in [0.5, 0.6) is 0 Å². The van der Waals surface area contributed by atoms with Crippen molar-refractivity contribution in [3.8, 4) is 0 Å². The lowest BCUT2D eigenvalue weighted by Crippen LogP contribution is -2.40. The monoisotopic (exact) mass is 1390 g/mol. The summed E-state index contributed by atoms with van der Waals surface area (Å²) in [5.41, 5.74) is 1.69. The van der Waals surface area contributed by atoms with E-state index in [9.17, 15) is 19.2 Å². The maximum absolute atomic E-state index is 13.5. The topological polar surface area (TPSA) is 150 Å². The molecule has 1 amide bonds. The molecule has 3 aromatic rings. The van der Waals surface area contributed by atoms with Crippen molar-refractivity contribution in [1.82, 2.24) is 34.5 Å². The van der Waals surface area contributed by atoms with Gasteiger partial charge in [-0.25, -0.2) is 9.97 Å². The average Bonchev–Trinajstić information content (AvgIpc) is 1.59. The number of ether oxygens (including phenoxy) is 3. The third-order valence-corrected chi connectivity index (χ3v) is 21.1. The maximum Gasteiger partial charge on any atom is 0.306 e. The summed E-state index contributed by atoms with van der Waals surface area (Å²) >= 11 is 1.72. The summed E-state index contributed by atoms with van der Waals surface area (Å²) in [6, 6.07) is 8.16. The number of pyridine rings is 1. The average molecular weight is 1390 g/mol. The van der Waals surface area contributed by atoms with E-state index in [1.165, 1.54) is 103 Å². The number of rotatable bonds is 67. The Morgan fingerprint density at radius 2 is 0.745 bits per heavy atom. The Bertz CT molecular complexity index is 2460. The number of anilines is 1. The van der Waals surface area contributed by atoms with Crippen molar-refractivity contribution in [3.05, 3.63) is 29.3 Å². The van der Waals surface area contributed by atoms with Crippen LogP contribution >= 0.6 is 11.3 Å². The highest BCUT2D eigenvalue weighted by Gasteiger charge is 2.19. The molecular formula is C82H148N8O7S. The highest BCUT2D eigenvalue weighted by atomic mass is 32.1. The molecular weight excluding hydrogens is 1240 g/mol. The number of carbonyl (C=O) groups excluding carboxylic acids is 4. The normalized spacial score (nSPS) is 12.9. The highest BCUT2D eigenvalue weighted by Crippen LogP contribution is 2.34. The zero-order valence-corrected chi connectivity index (χ0v) is 65.6. The number of likely N-dealkylation sites (N-methyl/N-ethyl adjacent to an activating group) is 3. The van der Waals surface area contributed by atoms with E-state index in [-0.39, 0.29) is 42.1 Å². The number of esters is 3. The van der Waals surface area contributed by atoms with Crippen molar-refractivity contribution in [2.45, 2.75) is 343 Å². The van der Waals surface area contributed by atoms with Crippen molar-refractivity contribution in [2.24, 2.45) is 0 Å². The maximum atomic E-state index is 13.5. The molecule has 1 N–H and O–H groups in total. The van der Waals surface area contributed by atoms with Crippen LogP contribution in [0, 0.1) is 0 Å². The molecule has 16 heteroatoms. The first kappa shape index (κ1) is 88.4. The Balaban J connectivity index is 1.46. The lowest BCUT2D eigenvalue weighted by molar-refractivity contribution is -0.150. The Morgan fingerprint density at radius 3 is 1.13 bits per heavy atom. The lowest BCUT2D eigenvalue weighted by atomic mass is 10.1. The minimum absolute atomic E-state index is 0.00570. The third-order valence-electron chi connectivity index (χ3n) is 19.9. The van der Waals surface area contributed by atoms with Crippen LogP contribution in [0.2, 0.25) is 0 Å². The minimum Gasteiger partial charge on any atom is -0.462 e. The lowest BCUT2D eigenvalue weighted by Gasteiger charge is -2.28. The van der Waals surface area contributed by atoms with Gasteiger partial charge < -0.3 is 44.0 Å². The standard InChI is InChI=1S/C82H148N8O7S/c1-11-18-21-35-49-70(15-5)95-77(92)55-39-28-24-26-31-44-58-89(60-46-33-30-41-57-79(94)97-72(17-7)51-37-23-20-13-3)68-66-87(9)64-62-86(8)63-65-88(10)67-69-90(59-45-32-27-25-29-40-56-78(93)96-71(16-6)50-36-22-19-12-2)61-47-34-38-54-75(91)84-82-80-81(98-76(85-80)48-14-4)73-52-42-43-53-74(73)83-82/h42-43,52-53,70-72H,11-41,44-51,54-69H2,1-10H3,(H,83,84,91). The van der Waals surface area contributed by atoms with Crippen molar-refractivity contribution in [2.75, 3.05) is 105 Å². The molecule has 15 nitrogen and oxygen atoms in total. The van der Waals surface area contributed by atoms with Crippen molar-refractivity contribution in [3.63, 3.8) is 0 Å². The van der Waals surface area contributed by atoms with E-state index in [0.717, 1.165) is 252 Å². The molecule has 0 spiro atoms. The Hall–Kier alpha value is -3.80. The van der Waals surface area contributed by atoms with Crippen LogP contribution in [0.4, 0.5) is 5.82 Å². The molecule has 564 valence electrons. The summed E-state index contributed by atoms with van der Waals surface area (Å²) in [6.45, 7) is 27.8. The smallest absolute Gasteiger partial charge is 0.306 e. The highest BCUT2D eigenvalue weighted by molar-refractivity contribution is 7.19. The van der Waals surface area contributed by atoms with Gasteiger partial charge in [-0.2, -0.15) is 0 Å². The second-order valence-corrected chi connectivity index (χ2v) is 30.1. The predicted octanol–water partition coefficient (Wildman–Crippen LogP) is 20.0. The molecule has 0 saturated heterocycles. The molecule has 0 saturated carbocycles. The Kier molecular flexibility index (Phi) is 52.9. The zero-order chi connectivity index (χ0) is 71.1. The fraction of sp³-hybridized carbons (Fsp3) is 0.829. The first-order chi connectivity index (χ1) is 47.7. The minimum atomic E-state index is -0.0197. The molecule has 1 aromatic carbocycles. The first-order valence-electron chi connectivity index (χ1n) is 40.8. The van der Waals surface area contributed by atoms with E-state index >= 15 is 0 Å². The molecule has 0 fully saturated rings. The van der Waals surface area contributed by atoms with E-state index in [0.29, 0.717) is 31.5 Å². The number of aryl methyl sites for hydroxylation is 1. The van der Waals surface area contributed by atoms with E-state index < -0.39 is 0 Å². The molecule has 0 aliphatic carbocycles. The fourth-order valence-corrected chi connectivity index (χ4v) is 14.3. The molecule has 0 radical (unpaired) electrons. The first-order valence-corrected chi connectivity index (χ1v) is 41.6. The fourth-order valence-electron chi connectivity index (χ4n) is 13.1. The van der Waals surface area contributed by atoms with Gasteiger partial charge in [0.25, 0.3) is 0 Å². The number of amides is 1. The van der Waals surface area contributed by atoms with Gasteiger partial charge in [-0.3, -0.25) is 19.2 Å². The van der Waals surface area contributed by atoms with Gasteiger partial charge in [0, 0.05) is 83.4 Å². The van der Waals surface area contributed by atoms with Crippen LogP contribution < -0.4 is 5.32 Å². The van der Waals surface area contributed by atoms with Gasteiger partial charge in [-0.1, -0.05) is 195 Å². The Morgan fingerprint density at radius 1 is 0.398 bits per heavy atom. The van der Waals surface area contributed by atoms with E-state index in [1.807, 2.05) is 18.2 Å². The van der Waals surface area contributed by atoms with Gasteiger partial charge >= 0.3 is 17.9 Å². The molecule has 2 aromatic heterocycles. The quantitative estimate of drug-likeness (QED) is 0.0324. The van der Waals surface area contributed by atoms with E-state index in [1.54, 1.807) is 11.3 Å². The molecule has 3 rings (SSSR count). The van der Waals surface area contributed by atoms with Crippen molar-refractivity contribution in [1.29, 1.82) is 0 Å². The van der Waals surface area contributed by atoms with Crippen molar-refractivity contribution >= 4 is 62.1 Å². The summed E-state index contributed by atoms with van der Waals surface area (Å²) in [7, 11) is 6.83. The number of aromatic nitrogens is 2. The number of thiazole rings is 1. The van der Waals surface area contributed by atoms with Crippen LogP contribution in [-0.4, -0.2) is 176 Å². The summed E-state index contributed by atoms with van der Waals surface area (Å²) < 4.78 is 18.7. The number of fused-ring (bicyclic) bond motifs is 3. The number of hydrogen-bond donors (Lipinski definition) is 1. The van der Waals surface area contributed by atoms with Gasteiger partial charge in [0.15, 0.2) is 5.82 Å². The molecule has 0 aliphatic heterocycles. The SMILES string of the molecule is CCCCCCC(CC)OC(=O)CCCCCCCCN(CCCCCCC(=O)OC(CC)CCCCCC)CCN(C)CCN(C)CCN(C)CCN(CCCCCCCCC(=O)OC(CC)CCCCCC)CCCCCC(=O)Nc1nc2ccccc2c2sc(CCC)nc12. The number of carbonyl (C=O) groups is 4. The second kappa shape index (κ2) is 58.7. The number of hydrogen-bond acceptors (Lipinski definition) is 15. The summed E-state index contributed by atoms with van der Waals surface area (Å²) in [5, 5.41) is 5.34. The van der Waals surface area contributed by atoms with Gasteiger partial charge in [0.05, 0.1) is 15.2 Å². The Labute approximate surface area is 603 Å². The largest absolute Gasteiger partial charge is 0.462 e. The van der Waals surface area contributed by atoms with Crippen molar-refractivity contribution < 1.29 is 33.4 Å². The molecule has 0 bridgehead atoms. The van der Waals surface area contributed by atoms with Crippen LogP contribution in [0.1, 0.15) is 323 Å². The van der Waals surface area contributed by atoms with Gasteiger partial charge in [-0.15, -0.1) is 11.3 Å². The number of unbranched alkanes of at least 4 members (excludes halogenated alkanes) is 24. The van der Waals surface area contributed by atoms with Gasteiger partial charge in [-0.05, 0) is 175 Å². The van der Waals surface area contributed by atoms with Crippen LogP contribution in [0.15, 0.2) is 24.3 Å². The number of para-hydroxylation sites is 1. The molecule has 98 heavy (non-hydrogen) atoms. The molecule has 2 heterocycles. The van der Waals surface area contributed by atoms with Crippen LogP contribution in [0.25, 0.3) is 21.1 Å². The zero-order valence-electron chi connectivity index (χ0n) is 64.8. The second-order valence-electron chi connectivity index (χ2n) is 29.0. The number of nitrogens with zero attached hydrogens (tertiary/aromatic N) is 7. The van der Waals surface area contributed by atoms with E-state index in [4.69, 9.17) is 24.2 Å². The summed E-state index contributed by atoms with van der Waals surface area (Å²) in [5.74, 6) is 0.537.